The van der Waals surface area contributed by atoms with Crippen LogP contribution >= 0.6 is 22.9 Å². The average molecular weight is 410 g/mol. The highest BCUT2D eigenvalue weighted by atomic mass is 35.5. The number of nitrogens with one attached hydrogen (secondary N) is 1. The van der Waals surface area contributed by atoms with Gasteiger partial charge < -0.3 is 19.5 Å². The highest BCUT2D eigenvalue weighted by Gasteiger charge is 2.22. The predicted octanol–water partition coefficient (Wildman–Crippen LogP) is 2.85. The van der Waals surface area contributed by atoms with E-state index >= 15 is 0 Å². The third-order valence-electron chi connectivity index (χ3n) is 3.68. The highest BCUT2D eigenvalue weighted by molar-refractivity contribution is 7.14. The van der Waals surface area contributed by atoms with Crippen LogP contribution in [0.2, 0.25) is 5.02 Å². The van der Waals surface area contributed by atoms with Gasteiger partial charge in [-0.3, -0.25) is 9.59 Å². The van der Waals surface area contributed by atoms with Crippen molar-refractivity contribution in [3.05, 3.63) is 44.6 Å². The fourth-order valence-electron chi connectivity index (χ4n) is 2.39. The molecule has 0 atom stereocenters. The van der Waals surface area contributed by atoms with Gasteiger partial charge in [0.05, 0.1) is 15.5 Å². The molecule has 0 aliphatic carbocycles. The summed E-state index contributed by atoms with van der Waals surface area (Å²) in [4.78, 5) is 36.7. The fourth-order valence-corrected chi connectivity index (χ4v) is 3.59. The third-order valence-corrected chi connectivity index (χ3v) is 5.15. The minimum Gasteiger partial charge on any atom is -0.454 e. The van der Waals surface area contributed by atoms with Crippen LogP contribution < -0.4 is 14.8 Å². The fraction of sp³-hybridized carbons (Fsp3) is 0.278. The number of Topliss-reactive ketones (excluding diaryl/α,β-unsaturated/α-hetero) is 1. The van der Waals surface area contributed by atoms with Gasteiger partial charge in [0, 0.05) is 18.3 Å². The van der Waals surface area contributed by atoms with Crippen LogP contribution in [0.15, 0.2) is 24.3 Å². The van der Waals surface area contributed by atoms with E-state index in [1.165, 1.54) is 30.4 Å². The number of ketones is 1. The molecule has 142 valence electrons. The Morgan fingerprint density at radius 2 is 2.07 bits per heavy atom. The smallest absolute Gasteiger partial charge is 0.338 e. The number of ether oxygens (including phenoxy) is 3. The van der Waals surface area contributed by atoms with Crippen molar-refractivity contribution in [3.8, 4) is 11.5 Å². The Kier molecular flexibility index (Phi) is 5.98. The maximum Gasteiger partial charge on any atom is 0.338 e. The van der Waals surface area contributed by atoms with Crippen LogP contribution in [-0.2, 0) is 16.0 Å². The molecule has 27 heavy (non-hydrogen) atoms. The first-order chi connectivity index (χ1) is 12.9. The molecule has 1 aliphatic heterocycles. The van der Waals surface area contributed by atoms with E-state index in [0.29, 0.717) is 29.3 Å². The number of amides is 1. The van der Waals surface area contributed by atoms with Gasteiger partial charge in [-0.15, -0.1) is 11.3 Å². The maximum atomic E-state index is 12.2. The van der Waals surface area contributed by atoms with Crippen LogP contribution in [0.25, 0.3) is 0 Å². The van der Waals surface area contributed by atoms with E-state index in [1.54, 1.807) is 6.07 Å². The molecule has 0 saturated carbocycles. The number of carbonyl (C=O) groups is 3. The summed E-state index contributed by atoms with van der Waals surface area (Å²) in [6.45, 7) is 1.61. The van der Waals surface area contributed by atoms with Gasteiger partial charge in [-0.2, -0.15) is 0 Å². The molecule has 2 heterocycles. The maximum absolute atomic E-state index is 12.2. The topological polar surface area (TPSA) is 90.9 Å². The Morgan fingerprint density at radius 1 is 1.26 bits per heavy atom. The number of thiophene rings is 1. The van der Waals surface area contributed by atoms with Crippen molar-refractivity contribution in [1.29, 1.82) is 0 Å². The van der Waals surface area contributed by atoms with Gasteiger partial charge in [0.1, 0.15) is 0 Å². The highest BCUT2D eigenvalue weighted by Crippen LogP contribution is 2.39. The quantitative estimate of drug-likeness (QED) is 0.558. The summed E-state index contributed by atoms with van der Waals surface area (Å²) >= 11 is 7.35. The second-order valence-electron chi connectivity index (χ2n) is 5.69. The second kappa shape index (κ2) is 8.41. The van der Waals surface area contributed by atoms with Gasteiger partial charge in [0.25, 0.3) is 0 Å². The summed E-state index contributed by atoms with van der Waals surface area (Å²) in [7, 11) is 0. The molecule has 0 fully saturated rings. The van der Waals surface area contributed by atoms with Crippen molar-refractivity contribution >= 4 is 40.6 Å². The summed E-state index contributed by atoms with van der Waals surface area (Å²) in [6, 6.07) is 6.37. The summed E-state index contributed by atoms with van der Waals surface area (Å²) in [5.41, 5.74) is 0.180. The monoisotopic (exact) mass is 409 g/mol. The SMILES string of the molecule is CC(=O)NCCc1ccc(C(=O)COC(=O)c2cc(Cl)c3c(c2)OCO3)s1. The standard InChI is InChI=1S/C18H16ClNO6S/c1-10(21)20-5-4-12-2-3-16(27-12)14(22)8-24-18(23)11-6-13(19)17-15(7-11)25-9-26-17/h2-3,6-7H,4-5,8-9H2,1H3,(H,20,21). The molecular weight excluding hydrogens is 394 g/mol. The molecule has 0 bridgehead atoms. The van der Waals surface area contributed by atoms with Gasteiger partial charge in [0.15, 0.2) is 18.1 Å². The van der Waals surface area contributed by atoms with E-state index in [-0.39, 0.29) is 35.7 Å². The first-order valence-electron chi connectivity index (χ1n) is 8.06. The molecule has 0 spiro atoms. The first-order valence-corrected chi connectivity index (χ1v) is 9.26. The zero-order valence-electron chi connectivity index (χ0n) is 14.4. The Morgan fingerprint density at radius 3 is 2.85 bits per heavy atom. The molecule has 0 radical (unpaired) electrons. The summed E-state index contributed by atoms with van der Waals surface area (Å²) < 4.78 is 15.5. The lowest BCUT2D eigenvalue weighted by Gasteiger charge is -2.05. The van der Waals surface area contributed by atoms with E-state index in [4.69, 9.17) is 25.8 Å². The molecule has 2 aromatic rings. The molecule has 0 saturated heterocycles. The zero-order valence-corrected chi connectivity index (χ0v) is 15.9. The molecule has 7 nitrogen and oxygen atoms in total. The van der Waals surface area contributed by atoms with Crippen LogP contribution in [0.3, 0.4) is 0 Å². The minimum absolute atomic E-state index is 0.0364. The van der Waals surface area contributed by atoms with Crippen LogP contribution in [0.5, 0.6) is 11.5 Å². The van der Waals surface area contributed by atoms with Crippen LogP contribution in [-0.4, -0.2) is 37.6 Å². The number of hydrogen-bond donors (Lipinski definition) is 1. The van der Waals surface area contributed by atoms with Gasteiger partial charge in [-0.05, 0) is 30.7 Å². The number of carbonyl (C=O) groups excluding carboxylic acids is 3. The van der Waals surface area contributed by atoms with Gasteiger partial charge in [-0.25, -0.2) is 4.79 Å². The average Bonchev–Trinajstić information content (AvgIpc) is 3.28. The van der Waals surface area contributed by atoms with Crippen molar-refractivity contribution in [1.82, 2.24) is 5.32 Å². The summed E-state index contributed by atoms with van der Waals surface area (Å²) in [5, 5.41) is 2.94. The lowest BCUT2D eigenvalue weighted by Crippen LogP contribution is -2.22. The Bertz CT molecular complexity index is 894. The van der Waals surface area contributed by atoms with Crippen molar-refractivity contribution in [2.45, 2.75) is 13.3 Å². The van der Waals surface area contributed by atoms with Crippen molar-refractivity contribution in [2.75, 3.05) is 19.9 Å². The van der Waals surface area contributed by atoms with E-state index < -0.39 is 5.97 Å². The lowest BCUT2D eigenvalue weighted by atomic mass is 10.2. The van der Waals surface area contributed by atoms with Crippen molar-refractivity contribution in [3.63, 3.8) is 0 Å². The van der Waals surface area contributed by atoms with Gasteiger partial charge in [-0.1, -0.05) is 11.6 Å². The number of hydrogen-bond acceptors (Lipinski definition) is 7. The molecule has 1 N–H and O–H groups in total. The molecule has 1 aliphatic rings. The van der Waals surface area contributed by atoms with E-state index in [1.807, 2.05) is 6.07 Å². The van der Waals surface area contributed by atoms with Crippen LogP contribution in [0.4, 0.5) is 0 Å². The molecule has 0 unspecified atom stereocenters. The summed E-state index contributed by atoms with van der Waals surface area (Å²) in [5.74, 6) is -0.326. The number of benzene rings is 1. The molecule has 3 rings (SSSR count). The number of rotatable bonds is 7. The summed E-state index contributed by atoms with van der Waals surface area (Å²) in [6.07, 6.45) is 0.632. The Hall–Kier alpha value is -2.58. The second-order valence-corrected chi connectivity index (χ2v) is 7.27. The Balaban J connectivity index is 1.55. The van der Waals surface area contributed by atoms with E-state index in [9.17, 15) is 14.4 Å². The van der Waals surface area contributed by atoms with Gasteiger partial charge >= 0.3 is 5.97 Å². The van der Waals surface area contributed by atoms with Crippen LogP contribution in [0.1, 0.15) is 31.8 Å². The molecule has 1 amide bonds. The van der Waals surface area contributed by atoms with Crippen molar-refractivity contribution < 1.29 is 28.6 Å². The molecule has 1 aromatic heterocycles. The van der Waals surface area contributed by atoms with E-state index in [0.717, 1.165) is 4.88 Å². The molecule has 1 aromatic carbocycles. The molecular formula is C18H16ClNO6S. The first kappa shape index (κ1) is 19.2. The Labute approximate surface area is 164 Å². The van der Waals surface area contributed by atoms with Gasteiger partial charge in [0.2, 0.25) is 18.5 Å². The number of halogens is 1. The largest absolute Gasteiger partial charge is 0.454 e. The zero-order chi connectivity index (χ0) is 19.4. The lowest BCUT2D eigenvalue weighted by molar-refractivity contribution is -0.118. The van der Waals surface area contributed by atoms with Crippen LogP contribution in [0, 0.1) is 0 Å². The molecule has 9 heteroatoms. The third kappa shape index (κ3) is 4.78. The normalized spacial score (nSPS) is 11.9. The van der Waals surface area contributed by atoms with Crippen molar-refractivity contribution in [2.24, 2.45) is 0 Å². The minimum atomic E-state index is -0.675. The van der Waals surface area contributed by atoms with E-state index in [2.05, 4.69) is 5.32 Å². The number of esters is 1. The predicted molar refractivity (Wildman–Crippen MR) is 98.9 cm³/mol. The number of fused-ring (bicyclic) bond motifs is 1.